The Bertz CT molecular complexity index is 896. The van der Waals surface area contributed by atoms with Crippen LogP contribution in [0.15, 0.2) is 66.4 Å². The maximum atomic E-state index is 12.4. The molecule has 1 aliphatic heterocycles. The summed E-state index contributed by atoms with van der Waals surface area (Å²) in [5, 5.41) is 0. The zero-order valence-electron chi connectivity index (χ0n) is 15.2. The minimum Gasteiger partial charge on any atom is -0.479 e. The average molecular weight is 364 g/mol. The van der Waals surface area contributed by atoms with Gasteiger partial charge in [0.2, 0.25) is 5.78 Å². The number of ketones is 1. The summed E-state index contributed by atoms with van der Waals surface area (Å²) >= 11 is 0. The monoisotopic (exact) mass is 364 g/mol. The Hall–Kier alpha value is -3.34. The van der Waals surface area contributed by atoms with Crippen molar-refractivity contribution in [3.05, 3.63) is 77.6 Å². The minimum atomic E-state index is -0.746. The van der Waals surface area contributed by atoms with Gasteiger partial charge < -0.3 is 14.2 Å². The first-order valence-electron chi connectivity index (χ1n) is 8.71. The van der Waals surface area contributed by atoms with Crippen LogP contribution < -0.4 is 9.47 Å². The van der Waals surface area contributed by atoms with Crippen LogP contribution in [-0.2, 0) is 9.53 Å². The van der Waals surface area contributed by atoms with Gasteiger partial charge in [-0.2, -0.15) is 0 Å². The lowest BCUT2D eigenvalue weighted by molar-refractivity contribution is -0.150. The molecule has 0 N–H and O–H groups in total. The number of esters is 1. The number of carbonyl (C=O) groups excluding carboxylic acids is 2. The number of carbonyl (C=O) groups is 2. The van der Waals surface area contributed by atoms with Crippen LogP contribution in [0.1, 0.15) is 29.8 Å². The molecule has 5 heteroatoms. The van der Waals surface area contributed by atoms with E-state index < -0.39 is 12.1 Å². The Morgan fingerprint density at radius 3 is 2.70 bits per heavy atom. The normalized spacial score (nSPS) is 15.5. The lowest BCUT2D eigenvalue weighted by Gasteiger charge is -2.13. The number of rotatable bonds is 6. The fourth-order valence-electron chi connectivity index (χ4n) is 2.58. The fourth-order valence-corrected chi connectivity index (χ4v) is 2.58. The molecule has 0 aliphatic carbocycles. The van der Waals surface area contributed by atoms with E-state index in [2.05, 4.69) is 0 Å². The zero-order chi connectivity index (χ0) is 19.2. The molecule has 0 radical (unpaired) electrons. The Balaban J connectivity index is 1.70. The van der Waals surface area contributed by atoms with Gasteiger partial charge >= 0.3 is 5.97 Å². The molecule has 138 valence electrons. The SMILES string of the molecule is CCOC(=O)C(C)Oc1ccc2c(c1)OC(=CC=Cc1ccccc1)C2=O. The van der Waals surface area contributed by atoms with Crippen LogP contribution >= 0.6 is 0 Å². The highest BCUT2D eigenvalue weighted by Crippen LogP contribution is 2.34. The molecule has 27 heavy (non-hydrogen) atoms. The Morgan fingerprint density at radius 1 is 1.19 bits per heavy atom. The first-order chi connectivity index (χ1) is 13.1. The molecule has 3 rings (SSSR count). The Kier molecular flexibility index (Phi) is 5.71. The lowest BCUT2D eigenvalue weighted by atomic mass is 10.1. The van der Waals surface area contributed by atoms with Gasteiger partial charge in [-0.3, -0.25) is 4.79 Å². The van der Waals surface area contributed by atoms with Crippen molar-refractivity contribution in [2.24, 2.45) is 0 Å². The van der Waals surface area contributed by atoms with Gasteiger partial charge in [-0.25, -0.2) is 4.79 Å². The van der Waals surface area contributed by atoms with Crippen LogP contribution in [0, 0.1) is 0 Å². The van der Waals surface area contributed by atoms with Crippen LogP contribution in [0.3, 0.4) is 0 Å². The van der Waals surface area contributed by atoms with Gasteiger partial charge in [0.25, 0.3) is 0 Å². The van der Waals surface area contributed by atoms with Crippen molar-refractivity contribution < 1.29 is 23.8 Å². The molecule has 0 saturated heterocycles. The van der Waals surface area contributed by atoms with E-state index in [1.54, 1.807) is 44.2 Å². The van der Waals surface area contributed by atoms with Gasteiger partial charge in [0.1, 0.15) is 11.5 Å². The number of ether oxygens (including phenoxy) is 3. The number of allylic oxidation sites excluding steroid dienone is 3. The highest BCUT2D eigenvalue weighted by atomic mass is 16.6. The number of fused-ring (bicyclic) bond motifs is 1. The highest BCUT2D eigenvalue weighted by molar-refractivity contribution is 6.12. The third kappa shape index (κ3) is 4.44. The van der Waals surface area contributed by atoms with Crippen molar-refractivity contribution in [3.63, 3.8) is 0 Å². The Labute approximate surface area is 157 Å². The van der Waals surface area contributed by atoms with Gasteiger partial charge in [-0.15, -0.1) is 0 Å². The molecule has 0 fully saturated rings. The number of hydrogen-bond acceptors (Lipinski definition) is 5. The summed E-state index contributed by atoms with van der Waals surface area (Å²) in [6.45, 7) is 3.63. The first kappa shape index (κ1) is 18.5. The molecule has 1 aliphatic rings. The van der Waals surface area contributed by atoms with E-state index in [9.17, 15) is 9.59 Å². The molecule has 0 amide bonds. The summed E-state index contributed by atoms with van der Waals surface area (Å²) in [6.07, 6.45) is 4.55. The van der Waals surface area contributed by atoms with Crippen molar-refractivity contribution in [1.29, 1.82) is 0 Å². The van der Waals surface area contributed by atoms with Gasteiger partial charge in [0, 0.05) is 6.07 Å². The average Bonchev–Trinajstić information content (AvgIpc) is 2.98. The molecule has 0 saturated carbocycles. The van der Waals surface area contributed by atoms with Crippen molar-refractivity contribution in [2.75, 3.05) is 6.61 Å². The van der Waals surface area contributed by atoms with E-state index in [0.717, 1.165) is 5.56 Å². The van der Waals surface area contributed by atoms with E-state index in [-0.39, 0.29) is 11.5 Å². The number of benzene rings is 2. The second kappa shape index (κ2) is 8.36. The standard InChI is InChI=1S/C22H20O5/c1-3-25-22(24)15(2)26-17-12-13-18-20(14-17)27-19(21(18)23)11-7-10-16-8-5-4-6-9-16/h4-15H,3H2,1-2H3. The first-order valence-corrected chi connectivity index (χ1v) is 8.71. The smallest absolute Gasteiger partial charge is 0.347 e. The molecule has 1 unspecified atom stereocenters. The predicted octanol–water partition coefficient (Wildman–Crippen LogP) is 4.19. The molecule has 5 nitrogen and oxygen atoms in total. The maximum Gasteiger partial charge on any atom is 0.347 e. The third-order valence-electron chi connectivity index (χ3n) is 3.91. The van der Waals surface area contributed by atoms with E-state index >= 15 is 0 Å². The maximum absolute atomic E-state index is 12.4. The largest absolute Gasteiger partial charge is 0.479 e. The Morgan fingerprint density at radius 2 is 1.96 bits per heavy atom. The van der Waals surface area contributed by atoms with Crippen molar-refractivity contribution >= 4 is 17.8 Å². The van der Waals surface area contributed by atoms with Crippen molar-refractivity contribution in [1.82, 2.24) is 0 Å². The molecule has 0 aromatic heterocycles. The molecule has 2 aromatic carbocycles. The summed E-state index contributed by atoms with van der Waals surface area (Å²) < 4.78 is 16.1. The van der Waals surface area contributed by atoms with Crippen LogP contribution in [0.4, 0.5) is 0 Å². The van der Waals surface area contributed by atoms with Crippen LogP contribution in [-0.4, -0.2) is 24.5 Å². The van der Waals surface area contributed by atoms with E-state index in [1.165, 1.54) is 0 Å². The van der Waals surface area contributed by atoms with Gasteiger partial charge in [-0.05, 0) is 37.6 Å². The third-order valence-corrected chi connectivity index (χ3v) is 3.91. The molecular weight excluding hydrogens is 344 g/mol. The molecule has 0 bridgehead atoms. The lowest BCUT2D eigenvalue weighted by Crippen LogP contribution is -2.26. The number of hydrogen-bond donors (Lipinski definition) is 0. The molecule has 1 atom stereocenters. The summed E-state index contributed by atoms with van der Waals surface area (Å²) in [4.78, 5) is 24.1. The minimum absolute atomic E-state index is 0.187. The molecule has 2 aromatic rings. The zero-order valence-corrected chi connectivity index (χ0v) is 15.2. The van der Waals surface area contributed by atoms with Gasteiger partial charge in [-0.1, -0.05) is 42.5 Å². The van der Waals surface area contributed by atoms with Crippen LogP contribution in [0.25, 0.3) is 6.08 Å². The van der Waals surface area contributed by atoms with E-state index in [0.29, 0.717) is 23.7 Å². The number of Topliss-reactive ketones (excluding diaryl/α,β-unsaturated/α-hetero) is 1. The second-order valence-electron chi connectivity index (χ2n) is 5.90. The fraction of sp³-hybridized carbons (Fsp3) is 0.182. The van der Waals surface area contributed by atoms with E-state index in [1.807, 2.05) is 36.4 Å². The summed E-state index contributed by atoms with van der Waals surface area (Å²) in [7, 11) is 0. The second-order valence-corrected chi connectivity index (χ2v) is 5.90. The van der Waals surface area contributed by atoms with E-state index in [4.69, 9.17) is 14.2 Å². The predicted molar refractivity (Wildman–Crippen MR) is 102 cm³/mol. The summed E-state index contributed by atoms with van der Waals surface area (Å²) in [6, 6.07) is 14.6. The molecule has 0 spiro atoms. The summed E-state index contributed by atoms with van der Waals surface area (Å²) in [5.74, 6) is 0.457. The van der Waals surface area contributed by atoms with Gasteiger partial charge in [0.05, 0.1) is 12.2 Å². The highest BCUT2D eigenvalue weighted by Gasteiger charge is 2.27. The summed E-state index contributed by atoms with van der Waals surface area (Å²) in [5.41, 5.74) is 1.49. The van der Waals surface area contributed by atoms with Crippen LogP contribution in [0.5, 0.6) is 11.5 Å². The topological polar surface area (TPSA) is 61.8 Å². The van der Waals surface area contributed by atoms with Gasteiger partial charge in [0.15, 0.2) is 11.9 Å². The molecule has 1 heterocycles. The van der Waals surface area contributed by atoms with Crippen LogP contribution in [0.2, 0.25) is 0 Å². The quantitative estimate of drug-likeness (QED) is 0.568. The van der Waals surface area contributed by atoms with Crippen molar-refractivity contribution in [3.8, 4) is 11.5 Å². The molecular formula is C22H20O5. The van der Waals surface area contributed by atoms with Crippen molar-refractivity contribution in [2.45, 2.75) is 20.0 Å².